The molecule has 2 aromatic rings. The molecular formula is C14H10F3N. The van der Waals surface area contributed by atoms with Crippen LogP contribution in [0.5, 0.6) is 0 Å². The monoisotopic (exact) mass is 249 g/mol. The van der Waals surface area contributed by atoms with Crippen molar-refractivity contribution in [2.24, 2.45) is 4.99 Å². The summed E-state index contributed by atoms with van der Waals surface area (Å²) in [4.78, 5) is 3.90. The Morgan fingerprint density at radius 1 is 0.833 bits per heavy atom. The molecule has 0 bridgehead atoms. The lowest BCUT2D eigenvalue weighted by molar-refractivity contribution is -0.137. The van der Waals surface area contributed by atoms with Gasteiger partial charge in [0.15, 0.2) is 0 Å². The highest BCUT2D eigenvalue weighted by Crippen LogP contribution is 2.35. The van der Waals surface area contributed by atoms with Gasteiger partial charge in [0, 0.05) is 6.21 Å². The predicted octanol–water partition coefficient (Wildman–Crippen LogP) is 4.46. The summed E-state index contributed by atoms with van der Waals surface area (Å²) < 4.78 is 38.1. The predicted molar refractivity (Wildman–Crippen MR) is 65.1 cm³/mol. The Morgan fingerprint density at radius 3 is 2.11 bits per heavy atom. The second-order valence-electron chi connectivity index (χ2n) is 3.68. The van der Waals surface area contributed by atoms with E-state index in [-0.39, 0.29) is 5.69 Å². The van der Waals surface area contributed by atoms with Crippen LogP contribution in [0, 0.1) is 0 Å². The van der Waals surface area contributed by atoms with Gasteiger partial charge in [-0.15, -0.1) is 0 Å². The van der Waals surface area contributed by atoms with Gasteiger partial charge in [-0.2, -0.15) is 13.2 Å². The largest absolute Gasteiger partial charge is 0.418 e. The molecule has 2 aromatic carbocycles. The third-order valence-electron chi connectivity index (χ3n) is 2.36. The van der Waals surface area contributed by atoms with Gasteiger partial charge in [-0.05, 0) is 17.7 Å². The molecule has 1 nitrogen and oxygen atoms in total. The molecule has 18 heavy (non-hydrogen) atoms. The van der Waals surface area contributed by atoms with E-state index in [1.54, 1.807) is 24.3 Å². The van der Waals surface area contributed by atoms with E-state index in [1.807, 2.05) is 6.07 Å². The Kier molecular flexibility index (Phi) is 3.46. The Labute approximate surface area is 103 Å². The van der Waals surface area contributed by atoms with Crippen molar-refractivity contribution in [3.8, 4) is 0 Å². The second-order valence-corrected chi connectivity index (χ2v) is 3.68. The van der Waals surface area contributed by atoms with Gasteiger partial charge >= 0.3 is 6.18 Å². The fraction of sp³-hybridized carbons (Fsp3) is 0.0714. The van der Waals surface area contributed by atoms with Gasteiger partial charge in [0.2, 0.25) is 0 Å². The Balaban J connectivity index is 2.33. The molecule has 2 rings (SSSR count). The molecule has 0 atom stereocenters. The molecular weight excluding hydrogens is 239 g/mol. The van der Waals surface area contributed by atoms with Crippen LogP contribution in [0.15, 0.2) is 59.6 Å². The number of alkyl halides is 3. The fourth-order valence-electron chi connectivity index (χ4n) is 1.51. The molecule has 0 saturated carbocycles. The zero-order valence-electron chi connectivity index (χ0n) is 9.35. The fourth-order valence-corrected chi connectivity index (χ4v) is 1.51. The molecule has 0 heterocycles. The molecule has 0 fully saturated rings. The summed E-state index contributed by atoms with van der Waals surface area (Å²) in [5, 5.41) is 0. The van der Waals surface area contributed by atoms with Gasteiger partial charge in [0.25, 0.3) is 0 Å². The van der Waals surface area contributed by atoms with Crippen LogP contribution in [0.25, 0.3) is 0 Å². The maximum Gasteiger partial charge on any atom is 0.418 e. The van der Waals surface area contributed by atoms with Crippen LogP contribution in [-0.2, 0) is 6.18 Å². The standard InChI is InChI=1S/C14H10F3N/c15-14(16,17)12-8-4-5-9-13(12)18-10-11-6-2-1-3-7-11/h1-10H. The van der Waals surface area contributed by atoms with Crippen molar-refractivity contribution >= 4 is 11.9 Å². The minimum absolute atomic E-state index is 0.0751. The third-order valence-corrected chi connectivity index (χ3v) is 2.36. The molecule has 0 unspecified atom stereocenters. The van der Waals surface area contributed by atoms with Crippen molar-refractivity contribution in [3.63, 3.8) is 0 Å². The molecule has 0 N–H and O–H groups in total. The van der Waals surface area contributed by atoms with Crippen LogP contribution in [0.3, 0.4) is 0 Å². The van der Waals surface area contributed by atoms with Gasteiger partial charge in [0.05, 0.1) is 11.3 Å². The maximum atomic E-state index is 12.7. The van der Waals surface area contributed by atoms with Gasteiger partial charge < -0.3 is 0 Å². The van der Waals surface area contributed by atoms with E-state index in [2.05, 4.69) is 4.99 Å². The van der Waals surface area contributed by atoms with Crippen molar-refractivity contribution in [1.82, 2.24) is 0 Å². The van der Waals surface area contributed by atoms with E-state index < -0.39 is 11.7 Å². The number of rotatable bonds is 2. The zero-order valence-corrected chi connectivity index (χ0v) is 9.35. The van der Waals surface area contributed by atoms with E-state index in [4.69, 9.17) is 0 Å². The molecule has 0 aliphatic carbocycles. The highest BCUT2D eigenvalue weighted by Gasteiger charge is 2.32. The number of hydrogen-bond donors (Lipinski definition) is 0. The maximum absolute atomic E-state index is 12.7. The van der Waals surface area contributed by atoms with Crippen molar-refractivity contribution < 1.29 is 13.2 Å². The highest BCUT2D eigenvalue weighted by molar-refractivity contribution is 5.82. The average molecular weight is 249 g/mol. The Bertz CT molecular complexity index is 544. The normalized spacial score (nSPS) is 11.9. The smallest absolute Gasteiger partial charge is 0.256 e. The summed E-state index contributed by atoms with van der Waals surface area (Å²) in [6, 6.07) is 14.3. The minimum atomic E-state index is -4.38. The summed E-state index contributed by atoms with van der Waals surface area (Å²) in [7, 11) is 0. The second kappa shape index (κ2) is 5.04. The van der Waals surface area contributed by atoms with E-state index in [0.29, 0.717) is 0 Å². The van der Waals surface area contributed by atoms with Crippen molar-refractivity contribution in [2.45, 2.75) is 6.18 Å². The van der Waals surface area contributed by atoms with Gasteiger partial charge in [-0.1, -0.05) is 42.5 Å². The summed E-state index contributed by atoms with van der Waals surface area (Å²) in [6.07, 6.45) is -2.96. The van der Waals surface area contributed by atoms with Gasteiger partial charge in [-0.3, -0.25) is 4.99 Å². The molecule has 0 amide bonds. The summed E-state index contributed by atoms with van der Waals surface area (Å²) >= 11 is 0. The first kappa shape index (κ1) is 12.4. The zero-order chi connectivity index (χ0) is 13.0. The number of benzene rings is 2. The topological polar surface area (TPSA) is 12.4 Å². The lowest BCUT2D eigenvalue weighted by Crippen LogP contribution is -2.04. The summed E-state index contributed by atoms with van der Waals surface area (Å²) in [5.74, 6) is 0. The lowest BCUT2D eigenvalue weighted by Gasteiger charge is -2.08. The van der Waals surface area contributed by atoms with E-state index in [0.717, 1.165) is 11.6 Å². The molecule has 0 aliphatic rings. The molecule has 0 spiro atoms. The van der Waals surface area contributed by atoms with E-state index in [9.17, 15) is 13.2 Å². The van der Waals surface area contributed by atoms with Gasteiger partial charge in [0.1, 0.15) is 0 Å². The summed E-state index contributed by atoms with van der Waals surface area (Å²) in [6.45, 7) is 0. The first-order valence-corrected chi connectivity index (χ1v) is 5.33. The highest BCUT2D eigenvalue weighted by atomic mass is 19.4. The first-order chi connectivity index (χ1) is 8.57. The van der Waals surface area contributed by atoms with E-state index >= 15 is 0 Å². The minimum Gasteiger partial charge on any atom is -0.256 e. The summed E-state index contributed by atoms with van der Waals surface area (Å²) in [5.41, 5.74) is -0.0412. The van der Waals surface area contributed by atoms with Crippen LogP contribution in [-0.4, -0.2) is 6.21 Å². The third kappa shape index (κ3) is 2.97. The number of halogens is 3. The van der Waals surface area contributed by atoms with Crippen molar-refractivity contribution in [3.05, 3.63) is 65.7 Å². The van der Waals surface area contributed by atoms with Crippen molar-refractivity contribution in [2.75, 3.05) is 0 Å². The first-order valence-electron chi connectivity index (χ1n) is 5.33. The van der Waals surface area contributed by atoms with Crippen LogP contribution < -0.4 is 0 Å². The number of hydrogen-bond acceptors (Lipinski definition) is 1. The van der Waals surface area contributed by atoms with Crippen LogP contribution >= 0.6 is 0 Å². The molecule has 92 valence electrons. The molecule has 0 radical (unpaired) electrons. The van der Waals surface area contributed by atoms with Crippen LogP contribution in [0.2, 0.25) is 0 Å². The Morgan fingerprint density at radius 2 is 1.44 bits per heavy atom. The quantitative estimate of drug-likeness (QED) is 0.697. The van der Waals surface area contributed by atoms with E-state index in [1.165, 1.54) is 24.4 Å². The number of aliphatic imine (C=N–C) groups is 1. The average Bonchev–Trinajstić information content (AvgIpc) is 2.37. The molecule has 4 heteroatoms. The molecule has 0 saturated heterocycles. The van der Waals surface area contributed by atoms with Crippen molar-refractivity contribution in [1.29, 1.82) is 0 Å². The molecule has 0 aliphatic heterocycles. The molecule has 0 aromatic heterocycles. The number of para-hydroxylation sites is 1. The SMILES string of the molecule is FC(F)(F)c1ccccc1N=Cc1ccccc1. The van der Waals surface area contributed by atoms with Crippen LogP contribution in [0.4, 0.5) is 18.9 Å². The lowest BCUT2D eigenvalue weighted by atomic mass is 10.1. The van der Waals surface area contributed by atoms with Crippen LogP contribution in [0.1, 0.15) is 11.1 Å². The Hall–Kier alpha value is -2.10. The number of nitrogens with zero attached hydrogens (tertiary/aromatic N) is 1. The van der Waals surface area contributed by atoms with Gasteiger partial charge in [-0.25, -0.2) is 0 Å².